The Morgan fingerprint density at radius 2 is 1.35 bits per heavy atom. The standard InChI is InChI=1S/C33H39NO9/c1-7-40-29-17-23(18-30(41-8-2)31(29)42-9-3)32(35)34-15-14-22-16-27(37-4)28(38-5)19-25(22)26(34)20-43-24-12-10-21(11-13-24)33(36)39-6/h10-13,16-19,26H,7-9,14-15,20H2,1-6H3. The van der Waals surface area contributed by atoms with Crippen LogP contribution in [0.1, 0.15) is 58.7 Å². The van der Waals surface area contributed by atoms with Crippen LogP contribution in [-0.4, -0.2) is 71.1 Å². The Morgan fingerprint density at radius 3 is 1.91 bits per heavy atom. The van der Waals surface area contributed by atoms with Crippen LogP contribution in [0.4, 0.5) is 0 Å². The number of carbonyl (C=O) groups is 2. The van der Waals surface area contributed by atoms with Crippen molar-refractivity contribution >= 4 is 11.9 Å². The van der Waals surface area contributed by atoms with Gasteiger partial charge in [0.1, 0.15) is 12.4 Å². The van der Waals surface area contributed by atoms with Crippen LogP contribution >= 0.6 is 0 Å². The zero-order chi connectivity index (χ0) is 30.9. The van der Waals surface area contributed by atoms with Gasteiger partial charge in [-0.3, -0.25) is 4.79 Å². The third-order valence-electron chi connectivity index (χ3n) is 7.10. The Bertz CT molecular complexity index is 1390. The molecule has 1 unspecified atom stereocenters. The minimum Gasteiger partial charge on any atom is -0.493 e. The summed E-state index contributed by atoms with van der Waals surface area (Å²) >= 11 is 0. The van der Waals surface area contributed by atoms with E-state index in [0.29, 0.717) is 78.4 Å². The van der Waals surface area contributed by atoms with Gasteiger partial charge in [-0.15, -0.1) is 0 Å². The van der Waals surface area contributed by atoms with Gasteiger partial charge in [0.2, 0.25) is 5.75 Å². The van der Waals surface area contributed by atoms with Crippen LogP contribution in [0.15, 0.2) is 48.5 Å². The highest BCUT2D eigenvalue weighted by Gasteiger charge is 2.34. The van der Waals surface area contributed by atoms with Crippen LogP contribution in [0.2, 0.25) is 0 Å². The second kappa shape index (κ2) is 14.5. The molecule has 0 saturated heterocycles. The number of fused-ring (bicyclic) bond motifs is 1. The van der Waals surface area contributed by atoms with Crippen molar-refractivity contribution in [3.63, 3.8) is 0 Å². The highest BCUT2D eigenvalue weighted by molar-refractivity contribution is 5.96. The van der Waals surface area contributed by atoms with Gasteiger partial charge >= 0.3 is 5.97 Å². The van der Waals surface area contributed by atoms with Crippen molar-refractivity contribution in [3.8, 4) is 34.5 Å². The highest BCUT2D eigenvalue weighted by Crippen LogP contribution is 2.42. The van der Waals surface area contributed by atoms with Crippen molar-refractivity contribution in [2.75, 3.05) is 54.3 Å². The van der Waals surface area contributed by atoms with Crippen LogP contribution in [0, 0.1) is 0 Å². The number of benzene rings is 3. The van der Waals surface area contributed by atoms with Gasteiger partial charge in [-0.2, -0.15) is 0 Å². The number of nitrogens with zero attached hydrogens (tertiary/aromatic N) is 1. The molecule has 1 atom stereocenters. The summed E-state index contributed by atoms with van der Waals surface area (Å²) < 4.78 is 39.7. The molecule has 230 valence electrons. The van der Waals surface area contributed by atoms with E-state index >= 15 is 0 Å². The first-order chi connectivity index (χ1) is 20.9. The molecule has 4 rings (SSSR count). The summed E-state index contributed by atoms with van der Waals surface area (Å²) in [5.41, 5.74) is 2.75. The lowest BCUT2D eigenvalue weighted by molar-refractivity contribution is 0.0582. The lowest BCUT2D eigenvalue weighted by Gasteiger charge is -2.38. The molecule has 10 nitrogen and oxygen atoms in total. The van der Waals surface area contributed by atoms with Gasteiger partial charge < -0.3 is 38.1 Å². The first-order valence-corrected chi connectivity index (χ1v) is 14.3. The normalized spacial score (nSPS) is 13.9. The molecule has 1 heterocycles. The zero-order valence-corrected chi connectivity index (χ0v) is 25.6. The largest absolute Gasteiger partial charge is 0.493 e. The Kier molecular flexibility index (Phi) is 10.6. The molecule has 43 heavy (non-hydrogen) atoms. The smallest absolute Gasteiger partial charge is 0.337 e. The lowest BCUT2D eigenvalue weighted by Crippen LogP contribution is -2.42. The molecule has 0 radical (unpaired) electrons. The predicted molar refractivity (Wildman–Crippen MR) is 160 cm³/mol. The monoisotopic (exact) mass is 593 g/mol. The Labute approximate surface area is 252 Å². The van der Waals surface area contributed by atoms with E-state index < -0.39 is 12.0 Å². The number of ether oxygens (including phenoxy) is 7. The van der Waals surface area contributed by atoms with E-state index in [9.17, 15) is 9.59 Å². The van der Waals surface area contributed by atoms with Gasteiger partial charge in [0.25, 0.3) is 5.91 Å². The van der Waals surface area contributed by atoms with Crippen molar-refractivity contribution in [1.29, 1.82) is 0 Å². The summed E-state index contributed by atoms with van der Waals surface area (Å²) in [5.74, 6) is 2.44. The molecule has 0 saturated carbocycles. The Hall–Kier alpha value is -4.60. The number of amides is 1. The maximum absolute atomic E-state index is 14.3. The quantitative estimate of drug-likeness (QED) is 0.238. The molecule has 1 amide bonds. The SMILES string of the molecule is CCOc1cc(C(=O)N2CCc3cc(OC)c(OC)cc3C2COc2ccc(C(=O)OC)cc2)cc(OCC)c1OCC. The van der Waals surface area contributed by atoms with E-state index in [2.05, 4.69) is 0 Å². The molecule has 10 heteroatoms. The van der Waals surface area contributed by atoms with Crippen molar-refractivity contribution < 1.29 is 42.7 Å². The molecule has 3 aromatic rings. The zero-order valence-electron chi connectivity index (χ0n) is 25.6. The number of hydrogen-bond acceptors (Lipinski definition) is 9. The topological polar surface area (TPSA) is 102 Å². The summed E-state index contributed by atoms with van der Waals surface area (Å²) in [7, 11) is 4.51. The average Bonchev–Trinajstić information content (AvgIpc) is 3.03. The van der Waals surface area contributed by atoms with E-state index in [1.54, 1.807) is 55.5 Å². The van der Waals surface area contributed by atoms with E-state index in [-0.39, 0.29) is 12.5 Å². The number of hydrogen-bond donors (Lipinski definition) is 0. The van der Waals surface area contributed by atoms with Crippen molar-refractivity contribution in [1.82, 2.24) is 4.90 Å². The first-order valence-electron chi connectivity index (χ1n) is 14.3. The van der Waals surface area contributed by atoms with Crippen LogP contribution in [-0.2, 0) is 11.2 Å². The van der Waals surface area contributed by atoms with Crippen molar-refractivity contribution in [2.24, 2.45) is 0 Å². The number of rotatable bonds is 13. The third-order valence-corrected chi connectivity index (χ3v) is 7.10. The molecule has 1 aliphatic rings. The van der Waals surface area contributed by atoms with Crippen LogP contribution < -0.4 is 28.4 Å². The minimum absolute atomic E-state index is 0.152. The maximum atomic E-state index is 14.3. The fraction of sp³-hybridized carbons (Fsp3) is 0.394. The number of esters is 1. The summed E-state index contributed by atoms with van der Waals surface area (Å²) in [6.07, 6.45) is 0.611. The molecule has 1 aliphatic heterocycles. The fourth-order valence-electron chi connectivity index (χ4n) is 5.11. The summed E-state index contributed by atoms with van der Waals surface area (Å²) in [6, 6.07) is 13.5. The minimum atomic E-state index is -0.464. The van der Waals surface area contributed by atoms with E-state index in [1.165, 1.54) is 7.11 Å². The molecular weight excluding hydrogens is 554 g/mol. The molecule has 3 aromatic carbocycles. The van der Waals surface area contributed by atoms with Crippen LogP contribution in [0.25, 0.3) is 0 Å². The van der Waals surface area contributed by atoms with Gasteiger partial charge in [0.15, 0.2) is 23.0 Å². The summed E-state index contributed by atoms with van der Waals surface area (Å²) in [4.78, 5) is 27.9. The highest BCUT2D eigenvalue weighted by atomic mass is 16.5. The van der Waals surface area contributed by atoms with Gasteiger partial charge in [-0.1, -0.05) is 0 Å². The van der Waals surface area contributed by atoms with Crippen molar-refractivity contribution in [3.05, 3.63) is 70.8 Å². The molecule has 0 bridgehead atoms. The molecular formula is C33H39NO9. The predicted octanol–water partition coefficient (Wildman–Crippen LogP) is 5.51. The van der Waals surface area contributed by atoms with E-state index in [4.69, 9.17) is 33.2 Å². The summed E-state index contributed by atoms with van der Waals surface area (Å²) in [5, 5.41) is 0. The third kappa shape index (κ3) is 6.90. The molecule has 0 aliphatic carbocycles. The molecule has 0 N–H and O–H groups in total. The van der Waals surface area contributed by atoms with E-state index in [1.807, 2.05) is 32.9 Å². The molecule has 0 fully saturated rings. The average molecular weight is 594 g/mol. The van der Waals surface area contributed by atoms with Gasteiger partial charge in [0, 0.05) is 12.1 Å². The lowest BCUT2D eigenvalue weighted by atomic mass is 9.91. The van der Waals surface area contributed by atoms with Crippen LogP contribution in [0.3, 0.4) is 0 Å². The molecule has 0 spiro atoms. The first kappa shape index (κ1) is 31.3. The maximum Gasteiger partial charge on any atom is 0.337 e. The number of methoxy groups -OCH3 is 3. The Balaban J connectivity index is 1.73. The van der Waals surface area contributed by atoms with Crippen molar-refractivity contribution in [2.45, 2.75) is 33.2 Å². The van der Waals surface area contributed by atoms with Gasteiger partial charge in [-0.25, -0.2) is 4.79 Å². The van der Waals surface area contributed by atoms with Gasteiger partial charge in [0.05, 0.1) is 52.8 Å². The summed E-state index contributed by atoms with van der Waals surface area (Å²) in [6.45, 7) is 7.43. The number of carbonyl (C=O) groups excluding carboxylic acids is 2. The van der Waals surface area contributed by atoms with Gasteiger partial charge in [-0.05, 0) is 86.8 Å². The molecule has 0 aromatic heterocycles. The second-order valence-corrected chi connectivity index (χ2v) is 9.60. The Morgan fingerprint density at radius 1 is 0.744 bits per heavy atom. The fourth-order valence-corrected chi connectivity index (χ4v) is 5.11. The van der Waals surface area contributed by atoms with E-state index in [0.717, 1.165) is 11.1 Å². The van der Waals surface area contributed by atoms with Crippen LogP contribution in [0.5, 0.6) is 34.5 Å². The second-order valence-electron chi connectivity index (χ2n) is 9.60.